The highest BCUT2D eigenvalue weighted by molar-refractivity contribution is 5.99. The number of benzene rings is 1. The van der Waals surface area contributed by atoms with Gasteiger partial charge in [-0.2, -0.15) is 0 Å². The van der Waals surface area contributed by atoms with Gasteiger partial charge in [0, 0.05) is 23.1 Å². The summed E-state index contributed by atoms with van der Waals surface area (Å²) in [5.74, 6) is -1.50. The minimum absolute atomic E-state index is 0.0225. The van der Waals surface area contributed by atoms with Gasteiger partial charge in [-0.25, -0.2) is 4.79 Å². The van der Waals surface area contributed by atoms with Crippen LogP contribution in [-0.2, 0) is 0 Å². The molecule has 1 aliphatic rings. The number of carbonyl (C=O) groups excluding carboxylic acids is 1. The Bertz CT molecular complexity index is 833. The number of hydrogen-bond donors (Lipinski definition) is 3. The minimum atomic E-state index is -1.11. The third-order valence-electron chi connectivity index (χ3n) is 4.56. The summed E-state index contributed by atoms with van der Waals surface area (Å²) in [6.45, 7) is 0. The topological polar surface area (TPSA) is 99.3 Å². The molecule has 1 heterocycles. The van der Waals surface area contributed by atoms with Crippen LogP contribution in [0.5, 0.6) is 0 Å². The van der Waals surface area contributed by atoms with Crippen molar-refractivity contribution in [2.24, 2.45) is 0 Å². The third kappa shape index (κ3) is 3.32. The van der Waals surface area contributed by atoms with E-state index in [1.54, 1.807) is 0 Å². The molecule has 1 aromatic heterocycles. The first-order chi connectivity index (χ1) is 11.6. The van der Waals surface area contributed by atoms with E-state index in [1.807, 2.05) is 0 Å². The number of carboxylic acids is 1. The number of rotatable bonds is 3. The Hall–Kier alpha value is -2.63. The largest absolute Gasteiger partial charge is 0.478 e. The number of carbonyl (C=O) groups is 2. The molecule has 0 bridgehead atoms. The van der Waals surface area contributed by atoms with E-state index in [0.29, 0.717) is 5.52 Å². The van der Waals surface area contributed by atoms with Crippen LogP contribution in [0.4, 0.5) is 0 Å². The number of H-pyrrole nitrogens is 1. The van der Waals surface area contributed by atoms with E-state index in [-0.39, 0.29) is 22.6 Å². The fraction of sp³-hybridized carbons (Fsp3) is 0.389. The van der Waals surface area contributed by atoms with Gasteiger partial charge in [-0.05, 0) is 31.0 Å². The Kier molecular flexibility index (Phi) is 4.64. The molecule has 0 saturated heterocycles. The SMILES string of the molecule is O=C(O)c1ccc2[nH]cc(C(=O)NC3CCCCCC3)c(=O)c2c1. The first kappa shape index (κ1) is 16.2. The average Bonchev–Trinajstić information content (AvgIpc) is 2.83. The number of pyridine rings is 1. The van der Waals surface area contributed by atoms with Crippen molar-refractivity contribution in [1.82, 2.24) is 10.3 Å². The van der Waals surface area contributed by atoms with E-state index in [1.165, 1.54) is 37.2 Å². The van der Waals surface area contributed by atoms with E-state index in [9.17, 15) is 14.4 Å². The van der Waals surface area contributed by atoms with Gasteiger partial charge >= 0.3 is 5.97 Å². The number of aromatic amines is 1. The Morgan fingerprint density at radius 3 is 2.50 bits per heavy atom. The fourth-order valence-electron chi connectivity index (χ4n) is 3.21. The Labute approximate surface area is 138 Å². The molecule has 6 nitrogen and oxygen atoms in total. The average molecular weight is 328 g/mol. The van der Waals surface area contributed by atoms with Gasteiger partial charge in [0.2, 0.25) is 5.43 Å². The number of aromatic carboxylic acids is 1. The molecule has 1 saturated carbocycles. The maximum Gasteiger partial charge on any atom is 0.335 e. The zero-order valence-electron chi connectivity index (χ0n) is 13.3. The van der Waals surface area contributed by atoms with Gasteiger partial charge in [0.15, 0.2) is 0 Å². The highest BCUT2D eigenvalue weighted by Crippen LogP contribution is 2.18. The standard InChI is InChI=1S/C18H20N2O4/c21-16-13-9-11(18(23)24)7-8-15(13)19-10-14(16)17(22)20-12-5-3-1-2-4-6-12/h7-10,12H,1-6H2,(H,19,21)(H,20,22)(H,23,24). The number of hydrogen-bond acceptors (Lipinski definition) is 3. The summed E-state index contributed by atoms with van der Waals surface area (Å²) in [5, 5.41) is 12.2. The Morgan fingerprint density at radius 1 is 1.12 bits per heavy atom. The van der Waals surface area contributed by atoms with Crippen LogP contribution in [0.15, 0.2) is 29.2 Å². The summed E-state index contributed by atoms with van der Waals surface area (Å²) in [4.78, 5) is 39.0. The van der Waals surface area contributed by atoms with Crippen molar-refractivity contribution in [2.45, 2.75) is 44.6 Å². The van der Waals surface area contributed by atoms with Crippen molar-refractivity contribution < 1.29 is 14.7 Å². The van der Waals surface area contributed by atoms with E-state index in [0.717, 1.165) is 25.7 Å². The van der Waals surface area contributed by atoms with Crippen molar-refractivity contribution in [2.75, 3.05) is 0 Å². The molecule has 0 spiro atoms. The Balaban J connectivity index is 1.91. The van der Waals surface area contributed by atoms with Crippen LogP contribution in [0, 0.1) is 0 Å². The van der Waals surface area contributed by atoms with E-state index < -0.39 is 17.3 Å². The monoisotopic (exact) mass is 328 g/mol. The summed E-state index contributed by atoms with van der Waals surface area (Å²) >= 11 is 0. The van der Waals surface area contributed by atoms with Gasteiger partial charge in [0.25, 0.3) is 5.91 Å². The molecule has 2 aromatic rings. The smallest absolute Gasteiger partial charge is 0.335 e. The van der Waals surface area contributed by atoms with Gasteiger partial charge in [0.05, 0.1) is 5.56 Å². The first-order valence-electron chi connectivity index (χ1n) is 8.26. The lowest BCUT2D eigenvalue weighted by Gasteiger charge is -2.16. The second-order valence-corrected chi connectivity index (χ2v) is 6.26. The molecule has 3 N–H and O–H groups in total. The first-order valence-corrected chi connectivity index (χ1v) is 8.26. The van der Waals surface area contributed by atoms with Crippen LogP contribution in [0.3, 0.4) is 0 Å². The summed E-state index contributed by atoms with van der Waals surface area (Å²) < 4.78 is 0. The van der Waals surface area contributed by atoms with Crippen molar-refractivity contribution in [1.29, 1.82) is 0 Å². The van der Waals surface area contributed by atoms with Crippen LogP contribution in [0.2, 0.25) is 0 Å². The highest BCUT2D eigenvalue weighted by Gasteiger charge is 2.19. The molecular weight excluding hydrogens is 308 g/mol. The second-order valence-electron chi connectivity index (χ2n) is 6.26. The van der Waals surface area contributed by atoms with Crippen LogP contribution in [0.1, 0.15) is 59.2 Å². The Morgan fingerprint density at radius 2 is 1.83 bits per heavy atom. The normalized spacial score (nSPS) is 15.8. The van der Waals surface area contributed by atoms with E-state index in [2.05, 4.69) is 10.3 Å². The van der Waals surface area contributed by atoms with E-state index in [4.69, 9.17) is 5.11 Å². The van der Waals surface area contributed by atoms with Crippen LogP contribution in [-0.4, -0.2) is 28.0 Å². The van der Waals surface area contributed by atoms with Crippen LogP contribution in [0.25, 0.3) is 10.9 Å². The summed E-state index contributed by atoms with van der Waals surface area (Å²) in [5.41, 5.74) is 0.109. The van der Waals surface area contributed by atoms with Crippen molar-refractivity contribution in [3.8, 4) is 0 Å². The lowest BCUT2D eigenvalue weighted by atomic mass is 10.1. The molecular formula is C18H20N2O4. The molecule has 6 heteroatoms. The minimum Gasteiger partial charge on any atom is -0.478 e. The van der Waals surface area contributed by atoms with Crippen molar-refractivity contribution >= 4 is 22.8 Å². The lowest BCUT2D eigenvalue weighted by molar-refractivity contribution is 0.0696. The molecule has 0 radical (unpaired) electrons. The summed E-state index contributed by atoms with van der Waals surface area (Å²) in [7, 11) is 0. The van der Waals surface area contributed by atoms with Crippen molar-refractivity contribution in [3.05, 3.63) is 45.7 Å². The molecule has 1 aromatic carbocycles. The van der Waals surface area contributed by atoms with E-state index >= 15 is 0 Å². The summed E-state index contributed by atoms with van der Waals surface area (Å²) in [6, 6.07) is 4.36. The third-order valence-corrected chi connectivity index (χ3v) is 4.56. The molecule has 126 valence electrons. The van der Waals surface area contributed by atoms with Gasteiger partial charge < -0.3 is 15.4 Å². The van der Waals surface area contributed by atoms with Crippen LogP contribution >= 0.6 is 0 Å². The number of nitrogens with one attached hydrogen (secondary N) is 2. The quantitative estimate of drug-likeness (QED) is 0.754. The fourth-order valence-corrected chi connectivity index (χ4v) is 3.21. The molecule has 24 heavy (non-hydrogen) atoms. The molecule has 0 unspecified atom stereocenters. The molecule has 3 rings (SSSR count). The predicted octanol–water partition coefficient (Wildman–Crippen LogP) is 2.68. The maximum absolute atomic E-state index is 12.6. The highest BCUT2D eigenvalue weighted by atomic mass is 16.4. The molecule has 1 amide bonds. The van der Waals surface area contributed by atoms with Gasteiger partial charge in [-0.3, -0.25) is 9.59 Å². The van der Waals surface area contributed by atoms with Gasteiger partial charge in [-0.1, -0.05) is 25.7 Å². The predicted molar refractivity (Wildman–Crippen MR) is 90.5 cm³/mol. The number of amides is 1. The summed E-state index contributed by atoms with van der Waals surface area (Å²) in [6.07, 6.45) is 7.79. The maximum atomic E-state index is 12.6. The van der Waals surface area contributed by atoms with Crippen molar-refractivity contribution in [3.63, 3.8) is 0 Å². The second kappa shape index (κ2) is 6.86. The molecule has 0 atom stereocenters. The molecule has 1 fully saturated rings. The number of carboxylic acid groups (broad SMARTS) is 1. The zero-order chi connectivity index (χ0) is 17.1. The number of aromatic nitrogens is 1. The number of fused-ring (bicyclic) bond motifs is 1. The van der Waals surface area contributed by atoms with Gasteiger partial charge in [-0.15, -0.1) is 0 Å². The molecule has 0 aliphatic heterocycles. The lowest BCUT2D eigenvalue weighted by Crippen LogP contribution is -2.37. The van der Waals surface area contributed by atoms with Gasteiger partial charge in [0.1, 0.15) is 5.56 Å². The zero-order valence-corrected chi connectivity index (χ0v) is 13.3. The molecule has 1 aliphatic carbocycles. The van der Waals surface area contributed by atoms with Crippen LogP contribution < -0.4 is 10.7 Å².